The highest BCUT2D eigenvalue weighted by Gasteiger charge is 2.18. The molecule has 0 fully saturated rings. The summed E-state index contributed by atoms with van der Waals surface area (Å²) >= 11 is 0. The molecular weight excluding hydrogens is 452 g/mol. The number of aryl methyl sites for hydroxylation is 2. The number of carbonyl (C=O) groups is 1. The zero-order valence-electron chi connectivity index (χ0n) is 19.9. The highest BCUT2D eigenvalue weighted by atomic mass is 32.2. The van der Waals surface area contributed by atoms with Crippen molar-refractivity contribution in [3.63, 3.8) is 0 Å². The summed E-state index contributed by atoms with van der Waals surface area (Å²) in [5, 5.41) is 2.82. The molecule has 0 aliphatic carbocycles. The van der Waals surface area contributed by atoms with Crippen LogP contribution in [-0.4, -0.2) is 40.8 Å². The van der Waals surface area contributed by atoms with Crippen molar-refractivity contribution in [1.29, 1.82) is 0 Å². The standard InChI is InChI=1S/C26H30N2O5S/c1-19-9-14-23(17-20(19)2)28(34(4,30)31)18-21-10-12-22(13-11-21)26(29)27-15-16-33-25-8-6-5-7-24(25)32-3/h5-14,17H,15-16,18H2,1-4H3,(H,27,29). The van der Waals surface area contributed by atoms with E-state index in [0.717, 1.165) is 16.7 Å². The quantitative estimate of drug-likeness (QED) is 0.440. The van der Waals surface area contributed by atoms with Crippen LogP contribution < -0.4 is 19.1 Å². The van der Waals surface area contributed by atoms with Crippen molar-refractivity contribution in [1.82, 2.24) is 5.32 Å². The van der Waals surface area contributed by atoms with Gasteiger partial charge in [0, 0.05) is 5.56 Å². The lowest BCUT2D eigenvalue weighted by Crippen LogP contribution is -2.29. The summed E-state index contributed by atoms with van der Waals surface area (Å²) in [6.07, 6.45) is 1.19. The Morgan fingerprint density at radius 3 is 2.24 bits per heavy atom. The molecule has 180 valence electrons. The summed E-state index contributed by atoms with van der Waals surface area (Å²) in [4.78, 5) is 12.5. The van der Waals surface area contributed by atoms with E-state index in [-0.39, 0.29) is 12.5 Å². The summed E-state index contributed by atoms with van der Waals surface area (Å²) in [6, 6.07) is 19.8. The topological polar surface area (TPSA) is 84.9 Å². The first kappa shape index (κ1) is 25.1. The second kappa shape index (κ2) is 11.1. The van der Waals surface area contributed by atoms with Crippen LogP contribution in [0.5, 0.6) is 11.5 Å². The molecule has 0 spiro atoms. The molecule has 1 amide bonds. The van der Waals surface area contributed by atoms with E-state index in [1.165, 1.54) is 10.6 Å². The first-order valence-corrected chi connectivity index (χ1v) is 12.7. The first-order valence-electron chi connectivity index (χ1n) is 10.9. The Hall–Kier alpha value is -3.52. The maximum atomic E-state index is 12.5. The molecule has 0 saturated carbocycles. The van der Waals surface area contributed by atoms with E-state index in [2.05, 4.69) is 5.32 Å². The number of benzene rings is 3. The third kappa shape index (κ3) is 6.51. The number of anilines is 1. The van der Waals surface area contributed by atoms with Gasteiger partial charge in [0.15, 0.2) is 11.5 Å². The van der Waals surface area contributed by atoms with E-state index in [9.17, 15) is 13.2 Å². The average molecular weight is 483 g/mol. The maximum Gasteiger partial charge on any atom is 0.251 e. The molecule has 3 aromatic rings. The molecule has 0 radical (unpaired) electrons. The van der Waals surface area contributed by atoms with E-state index in [1.807, 2.05) is 38.1 Å². The third-order valence-electron chi connectivity index (χ3n) is 5.44. The fraction of sp³-hybridized carbons (Fsp3) is 0.269. The third-order valence-corrected chi connectivity index (χ3v) is 6.58. The molecule has 34 heavy (non-hydrogen) atoms. The van der Waals surface area contributed by atoms with Crippen LogP contribution in [0, 0.1) is 13.8 Å². The molecule has 0 aromatic heterocycles. The van der Waals surface area contributed by atoms with Gasteiger partial charge >= 0.3 is 0 Å². The van der Waals surface area contributed by atoms with Gasteiger partial charge in [0.2, 0.25) is 10.0 Å². The number of methoxy groups -OCH3 is 1. The minimum Gasteiger partial charge on any atom is -0.493 e. The van der Waals surface area contributed by atoms with Crippen LogP contribution in [0.4, 0.5) is 5.69 Å². The Labute approximate surface area is 201 Å². The van der Waals surface area contributed by atoms with Crippen molar-refractivity contribution in [2.45, 2.75) is 20.4 Å². The van der Waals surface area contributed by atoms with Gasteiger partial charge in [-0.25, -0.2) is 8.42 Å². The summed E-state index contributed by atoms with van der Waals surface area (Å²) < 4.78 is 37.1. The molecule has 8 heteroatoms. The number of rotatable bonds is 10. The largest absolute Gasteiger partial charge is 0.493 e. The Balaban J connectivity index is 1.59. The molecule has 0 atom stereocenters. The molecule has 0 aliphatic rings. The first-order chi connectivity index (χ1) is 16.2. The van der Waals surface area contributed by atoms with Gasteiger partial charge in [-0.15, -0.1) is 0 Å². The average Bonchev–Trinajstić information content (AvgIpc) is 2.82. The number of sulfonamides is 1. The van der Waals surface area contributed by atoms with E-state index in [1.54, 1.807) is 49.6 Å². The van der Waals surface area contributed by atoms with Crippen LogP contribution in [0.25, 0.3) is 0 Å². The summed E-state index contributed by atoms with van der Waals surface area (Å²) in [5.74, 6) is 1.01. The van der Waals surface area contributed by atoms with Gasteiger partial charge in [0.25, 0.3) is 5.91 Å². The van der Waals surface area contributed by atoms with Gasteiger partial charge in [-0.3, -0.25) is 9.10 Å². The van der Waals surface area contributed by atoms with Gasteiger partial charge in [0.05, 0.1) is 32.1 Å². The van der Waals surface area contributed by atoms with Gasteiger partial charge in [-0.05, 0) is 66.9 Å². The van der Waals surface area contributed by atoms with Crippen molar-refractivity contribution in [2.75, 3.05) is 30.8 Å². The molecule has 7 nitrogen and oxygen atoms in total. The summed E-state index contributed by atoms with van der Waals surface area (Å²) in [7, 11) is -1.91. The molecule has 0 heterocycles. The van der Waals surface area contributed by atoms with E-state index in [4.69, 9.17) is 9.47 Å². The van der Waals surface area contributed by atoms with Crippen LogP contribution in [0.2, 0.25) is 0 Å². The molecule has 1 N–H and O–H groups in total. The number of ether oxygens (including phenoxy) is 2. The minimum absolute atomic E-state index is 0.177. The Morgan fingerprint density at radius 2 is 1.62 bits per heavy atom. The molecule has 3 rings (SSSR count). The zero-order valence-corrected chi connectivity index (χ0v) is 20.7. The summed E-state index contributed by atoms with van der Waals surface area (Å²) in [5.41, 5.74) is 3.99. The lowest BCUT2D eigenvalue weighted by atomic mass is 10.1. The normalized spacial score (nSPS) is 11.1. The van der Waals surface area contributed by atoms with Crippen LogP contribution in [0.1, 0.15) is 27.0 Å². The Bertz CT molecular complexity index is 1240. The van der Waals surface area contributed by atoms with Crippen molar-refractivity contribution in [2.24, 2.45) is 0 Å². The highest BCUT2D eigenvalue weighted by molar-refractivity contribution is 7.92. The lowest BCUT2D eigenvalue weighted by molar-refractivity contribution is 0.0947. The molecule has 0 saturated heterocycles. The van der Waals surface area contributed by atoms with Gasteiger partial charge in [-0.1, -0.05) is 30.3 Å². The maximum absolute atomic E-state index is 12.5. The van der Waals surface area contributed by atoms with Crippen LogP contribution in [0.15, 0.2) is 66.7 Å². The number of nitrogens with one attached hydrogen (secondary N) is 1. The highest BCUT2D eigenvalue weighted by Crippen LogP contribution is 2.26. The van der Waals surface area contributed by atoms with Crippen LogP contribution in [-0.2, 0) is 16.6 Å². The van der Waals surface area contributed by atoms with Crippen molar-refractivity contribution in [3.8, 4) is 11.5 Å². The Kier molecular flexibility index (Phi) is 8.17. The fourth-order valence-electron chi connectivity index (χ4n) is 3.37. The molecule has 3 aromatic carbocycles. The SMILES string of the molecule is COc1ccccc1OCCNC(=O)c1ccc(CN(c2ccc(C)c(C)c2)S(C)(=O)=O)cc1. The molecular formula is C26H30N2O5S. The minimum atomic E-state index is -3.48. The monoisotopic (exact) mass is 482 g/mol. The van der Waals surface area contributed by atoms with E-state index in [0.29, 0.717) is 35.9 Å². The van der Waals surface area contributed by atoms with Gasteiger partial charge < -0.3 is 14.8 Å². The van der Waals surface area contributed by atoms with Crippen LogP contribution in [0.3, 0.4) is 0 Å². The Morgan fingerprint density at radius 1 is 0.941 bits per heavy atom. The number of hydrogen-bond donors (Lipinski definition) is 1. The number of amides is 1. The number of nitrogens with zero attached hydrogens (tertiary/aromatic N) is 1. The molecule has 0 unspecified atom stereocenters. The predicted octanol–water partition coefficient (Wildman–Crippen LogP) is 4.09. The molecule has 0 bridgehead atoms. The smallest absolute Gasteiger partial charge is 0.251 e. The summed E-state index contributed by atoms with van der Waals surface area (Å²) in [6.45, 7) is 4.74. The predicted molar refractivity (Wildman–Crippen MR) is 134 cm³/mol. The van der Waals surface area contributed by atoms with Gasteiger partial charge in [0.1, 0.15) is 6.61 Å². The zero-order chi connectivity index (χ0) is 24.7. The lowest BCUT2D eigenvalue weighted by Gasteiger charge is -2.23. The van der Waals surface area contributed by atoms with Crippen molar-refractivity contribution >= 4 is 21.6 Å². The number of hydrogen-bond acceptors (Lipinski definition) is 5. The van der Waals surface area contributed by atoms with E-state index >= 15 is 0 Å². The van der Waals surface area contributed by atoms with E-state index < -0.39 is 10.0 Å². The van der Waals surface area contributed by atoms with Crippen LogP contribution >= 0.6 is 0 Å². The molecule has 0 aliphatic heterocycles. The number of para-hydroxylation sites is 2. The second-order valence-corrected chi connectivity index (χ2v) is 9.90. The fourth-order valence-corrected chi connectivity index (χ4v) is 4.25. The number of carbonyl (C=O) groups excluding carboxylic acids is 1. The van der Waals surface area contributed by atoms with Gasteiger partial charge in [-0.2, -0.15) is 0 Å². The van der Waals surface area contributed by atoms with Crippen molar-refractivity contribution < 1.29 is 22.7 Å². The second-order valence-electron chi connectivity index (χ2n) is 7.99. The van der Waals surface area contributed by atoms with Crippen molar-refractivity contribution in [3.05, 3.63) is 89.0 Å².